The average Bonchev–Trinajstić information content (AvgIpc) is 2.75. The molecule has 1 heterocycles. The van der Waals surface area contributed by atoms with Crippen molar-refractivity contribution in [2.75, 3.05) is 33.3 Å². The van der Waals surface area contributed by atoms with Crippen LogP contribution in [0.1, 0.15) is 37.0 Å². The second-order valence-corrected chi connectivity index (χ2v) is 8.21. The average molecular weight is 472 g/mol. The molecule has 0 bridgehead atoms. The number of nitrogens with zero attached hydrogens (tertiary/aromatic N) is 2. The fraction of sp³-hybridized carbons (Fsp3) is 0.524. The number of benzene rings is 1. The van der Waals surface area contributed by atoms with Gasteiger partial charge in [-0.3, -0.25) is 19.2 Å². The van der Waals surface area contributed by atoms with Gasteiger partial charge in [0.1, 0.15) is 6.04 Å². The van der Waals surface area contributed by atoms with Gasteiger partial charge in [0.2, 0.25) is 11.8 Å². The Morgan fingerprint density at radius 1 is 1.29 bits per heavy atom. The van der Waals surface area contributed by atoms with E-state index in [1.54, 1.807) is 24.0 Å². The number of carbonyl (C=O) groups is 4. The minimum atomic E-state index is -0.881. The van der Waals surface area contributed by atoms with Crippen LogP contribution >= 0.6 is 23.2 Å². The number of rotatable bonds is 7. The predicted octanol–water partition coefficient (Wildman–Crippen LogP) is 2.37. The first kappa shape index (κ1) is 24.9. The molecule has 0 aliphatic carbocycles. The Morgan fingerprint density at radius 3 is 2.68 bits per heavy atom. The van der Waals surface area contributed by atoms with Gasteiger partial charge in [0.25, 0.3) is 5.91 Å². The first-order valence-corrected chi connectivity index (χ1v) is 10.9. The highest BCUT2D eigenvalue weighted by Gasteiger charge is 2.31. The van der Waals surface area contributed by atoms with Crippen LogP contribution in [0.4, 0.5) is 0 Å². The molecular weight excluding hydrogens is 445 g/mol. The predicted molar refractivity (Wildman–Crippen MR) is 117 cm³/mol. The Morgan fingerprint density at radius 2 is 2.00 bits per heavy atom. The molecule has 0 spiro atoms. The summed E-state index contributed by atoms with van der Waals surface area (Å²) in [5.41, 5.74) is 0.158. The summed E-state index contributed by atoms with van der Waals surface area (Å²) in [5.74, 6) is -1.89. The molecule has 31 heavy (non-hydrogen) atoms. The van der Waals surface area contributed by atoms with Crippen LogP contribution in [0.25, 0.3) is 0 Å². The maximum atomic E-state index is 12.6. The van der Waals surface area contributed by atoms with Crippen molar-refractivity contribution in [3.05, 3.63) is 33.8 Å². The number of likely N-dealkylation sites (N-methyl/N-ethyl adjacent to an activating group) is 1. The number of ether oxygens (including phenoxy) is 1. The van der Waals surface area contributed by atoms with Gasteiger partial charge in [0, 0.05) is 20.1 Å². The molecule has 0 unspecified atom stereocenters. The van der Waals surface area contributed by atoms with E-state index in [-0.39, 0.29) is 46.5 Å². The van der Waals surface area contributed by atoms with Gasteiger partial charge in [-0.1, -0.05) is 29.3 Å². The summed E-state index contributed by atoms with van der Waals surface area (Å²) < 4.78 is 5.05. The van der Waals surface area contributed by atoms with E-state index in [0.717, 1.165) is 0 Å². The number of nitrogens with one attached hydrogen (secondary N) is 1. The largest absolute Gasteiger partial charge is 0.466 e. The standard InChI is InChI=1S/C21H27Cl2N3O5/c1-4-31-21(30)14-7-6-10-26(11-14)17(27)12-25(3)20(29)13(2)24-19(28)15-8-5-9-16(22)18(15)23/h5,8-9,13-14H,4,6-7,10-12H2,1-3H3,(H,24,28)/t13-,14-/m1/s1. The van der Waals surface area contributed by atoms with Gasteiger partial charge in [-0.2, -0.15) is 0 Å². The van der Waals surface area contributed by atoms with Crippen LogP contribution in [0.3, 0.4) is 0 Å². The van der Waals surface area contributed by atoms with Crippen molar-refractivity contribution >= 4 is 46.9 Å². The third-order valence-corrected chi connectivity index (χ3v) is 5.88. The van der Waals surface area contributed by atoms with Gasteiger partial charge < -0.3 is 19.9 Å². The van der Waals surface area contributed by atoms with Crippen LogP contribution in [-0.4, -0.2) is 72.8 Å². The molecule has 1 fully saturated rings. The van der Waals surface area contributed by atoms with Crippen molar-refractivity contribution in [1.82, 2.24) is 15.1 Å². The molecule has 10 heteroatoms. The van der Waals surface area contributed by atoms with Gasteiger partial charge >= 0.3 is 5.97 Å². The molecule has 0 radical (unpaired) electrons. The Kier molecular flexibility index (Phi) is 9.13. The molecule has 1 N–H and O–H groups in total. The number of carbonyl (C=O) groups excluding carboxylic acids is 4. The zero-order valence-electron chi connectivity index (χ0n) is 17.8. The molecule has 1 aromatic rings. The van der Waals surface area contributed by atoms with Gasteiger partial charge in [-0.05, 0) is 38.8 Å². The Balaban J connectivity index is 1.92. The molecule has 1 saturated heterocycles. The summed E-state index contributed by atoms with van der Waals surface area (Å²) in [7, 11) is 1.49. The van der Waals surface area contributed by atoms with E-state index < -0.39 is 17.9 Å². The van der Waals surface area contributed by atoms with Crippen LogP contribution in [0.15, 0.2) is 18.2 Å². The summed E-state index contributed by atoms with van der Waals surface area (Å²) in [5, 5.41) is 2.91. The number of esters is 1. The molecule has 0 saturated carbocycles. The SMILES string of the molecule is CCOC(=O)[C@@H]1CCCN(C(=O)CN(C)C(=O)[C@@H](C)NC(=O)c2cccc(Cl)c2Cl)C1. The number of halogens is 2. The van der Waals surface area contributed by atoms with E-state index in [4.69, 9.17) is 27.9 Å². The van der Waals surface area contributed by atoms with Crippen molar-refractivity contribution in [3.8, 4) is 0 Å². The van der Waals surface area contributed by atoms with Crippen molar-refractivity contribution in [2.45, 2.75) is 32.7 Å². The Bertz CT molecular complexity index is 848. The summed E-state index contributed by atoms with van der Waals surface area (Å²) in [6.45, 7) is 4.20. The topological polar surface area (TPSA) is 96.0 Å². The first-order chi connectivity index (χ1) is 14.6. The fourth-order valence-electron chi connectivity index (χ4n) is 3.38. The summed E-state index contributed by atoms with van der Waals surface area (Å²) in [4.78, 5) is 52.5. The number of hydrogen-bond acceptors (Lipinski definition) is 5. The van der Waals surface area contributed by atoms with E-state index in [1.165, 1.54) is 24.9 Å². The van der Waals surface area contributed by atoms with Gasteiger partial charge in [0.05, 0.1) is 34.7 Å². The maximum absolute atomic E-state index is 12.6. The van der Waals surface area contributed by atoms with Crippen LogP contribution in [0.2, 0.25) is 10.0 Å². The summed E-state index contributed by atoms with van der Waals surface area (Å²) in [6.07, 6.45) is 1.37. The molecule has 1 aliphatic heterocycles. The normalized spacial score (nSPS) is 16.9. The number of hydrogen-bond donors (Lipinski definition) is 1. The van der Waals surface area contributed by atoms with Gasteiger partial charge in [-0.15, -0.1) is 0 Å². The lowest BCUT2D eigenvalue weighted by atomic mass is 9.98. The molecule has 2 atom stereocenters. The molecule has 1 aliphatic rings. The monoisotopic (exact) mass is 471 g/mol. The summed E-state index contributed by atoms with van der Waals surface area (Å²) in [6, 6.07) is 3.77. The molecule has 2 rings (SSSR count). The minimum Gasteiger partial charge on any atom is -0.466 e. The molecule has 0 aromatic heterocycles. The zero-order chi connectivity index (χ0) is 23.1. The fourth-order valence-corrected chi connectivity index (χ4v) is 3.77. The van der Waals surface area contributed by atoms with Crippen LogP contribution < -0.4 is 5.32 Å². The Labute approximate surface area is 191 Å². The maximum Gasteiger partial charge on any atom is 0.310 e. The minimum absolute atomic E-state index is 0.103. The van der Waals surface area contributed by atoms with Crippen LogP contribution in [-0.2, 0) is 19.1 Å². The Hall–Kier alpha value is -2.32. The molecule has 170 valence electrons. The molecular formula is C21H27Cl2N3O5. The highest BCUT2D eigenvalue weighted by molar-refractivity contribution is 6.43. The second-order valence-electron chi connectivity index (χ2n) is 7.42. The van der Waals surface area contributed by atoms with Crippen molar-refractivity contribution < 1.29 is 23.9 Å². The van der Waals surface area contributed by atoms with Crippen LogP contribution in [0, 0.1) is 5.92 Å². The van der Waals surface area contributed by atoms with E-state index in [0.29, 0.717) is 26.0 Å². The third-order valence-electron chi connectivity index (χ3n) is 5.06. The highest BCUT2D eigenvalue weighted by atomic mass is 35.5. The van der Waals surface area contributed by atoms with Gasteiger partial charge in [0.15, 0.2) is 0 Å². The highest BCUT2D eigenvalue weighted by Crippen LogP contribution is 2.25. The van der Waals surface area contributed by atoms with Crippen LogP contribution in [0.5, 0.6) is 0 Å². The van der Waals surface area contributed by atoms with E-state index in [2.05, 4.69) is 5.32 Å². The van der Waals surface area contributed by atoms with Crippen molar-refractivity contribution in [1.29, 1.82) is 0 Å². The first-order valence-electron chi connectivity index (χ1n) is 10.1. The number of amides is 3. The second kappa shape index (κ2) is 11.3. The van der Waals surface area contributed by atoms with Crippen molar-refractivity contribution in [2.24, 2.45) is 5.92 Å². The van der Waals surface area contributed by atoms with Crippen molar-refractivity contribution in [3.63, 3.8) is 0 Å². The quantitative estimate of drug-likeness (QED) is 0.615. The molecule has 1 aromatic carbocycles. The van der Waals surface area contributed by atoms with E-state index >= 15 is 0 Å². The van der Waals surface area contributed by atoms with E-state index in [1.807, 2.05) is 0 Å². The smallest absolute Gasteiger partial charge is 0.310 e. The number of likely N-dealkylation sites (tertiary alicyclic amines) is 1. The number of piperidine rings is 1. The summed E-state index contributed by atoms with van der Waals surface area (Å²) >= 11 is 12.0. The molecule has 8 nitrogen and oxygen atoms in total. The lowest BCUT2D eigenvalue weighted by Crippen LogP contribution is -2.50. The van der Waals surface area contributed by atoms with E-state index in [9.17, 15) is 19.2 Å². The van der Waals surface area contributed by atoms with Gasteiger partial charge in [-0.25, -0.2) is 0 Å². The lowest BCUT2D eigenvalue weighted by molar-refractivity contribution is -0.152. The lowest BCUT2D eigenvalue weighted by Gasteiger charge is -2.33. The molecule has 3 amide bonds. The third kappa shape index (κ3) is 6.58. The zero-order valence-corrected chi connectivity index (χ0v) is 19.3.